The molecule has 0 aliphatic heterocycles. The summed E-state index contributed by atoms with van der Waals surface area (Å²) in [5, 5.41) is 5.04. The maximum Gasteiger partial charge on any atom is 0.277 e. The highest BCUT2D eigenvalue weighted by Crippen LogP contribution is 2.27. The van der Waals surface area contributed by atoms with Gasteiger partial charge in [-0.05, 0) is 30.3 Å². The van der Waals surface area contributed by atoms with E-state index in [2.05, 4.69) is 20.5 Å². The number of H-pyrrole nitrogens is 1. The zero-order chi connectivity index (χ0) is 18.5. The van der Waals surface area contributed by atoms with Gasteiger partial charge in [-0.2, -0.15) is 5.10 Å². The summed E-state index contributed by atoms with van der Waals surface area (Å²) in [5.74, 6) is 0.129. The molecule has 0 aliphatic carbocycles. The molecule has 0 spiro atoms. The zero-order valence-corrected chi connectivity index (χ0v) is 14.3. The van der Waals surface area contributed by atoms with Gasteiger partial charge in [-0.25, -0.2) is 5.43 Å². The fraction of sp³-hybridized carbons (Fsp3) is 0.0500. The molecule has 0 saturated carbocycles. The van der Waals surface area contributed by atoms with E-state index in [4.69, 9.17) is 9.15 Å². The number of hydrogen-bond acceptors (Lipinski definition) is 5. The molecule has 134 valence electrons. The normalized spacial score (nSPS) is 11.1. The van der Waals surface area contributed by atoms with Gasteiger partial charge in [0.05, 0.1) is 18.7 Å². The Balaban J connectivity index is 1.38. The third kappa shape index (κ3) is 3.72. The van der Waals surface area contributed by atoms with Gasteiger partial charge in [0.1, 0.15) is 11.4 Å². The van der Waals surface area contributed by atoms with Crippen molar-refractivity contribution >= 4 is 23.0 Å². The van der Waals surface area contributed by atoms with Crippen molar-refractivity contribution in [2.75, 3.05) is 6.61 Å². The van der Waals surface area contributed by atoms with Crippen LogP contribution in [0, 0.1) is 0 Å². The number of aromatic amines is 1. The molecule has 7 heteroatoms. The highest BCUT2D eigenvalue weighted by atomic mass is 16.5. The molecule has 3 aromatic heterocycles. The molecule has 1 amide bonds. The van der Waals surface area contributed by atoms with Gasteiger partial charge in [0.2, 0.25) is 0 Å². The van der Waals surface area contributed by atoms with E-state index in [0.29, 0.717) is 11.4 Å². The van der Waals surface area contributed by atoms with E-state index in [-0.39, 0.29) is 12.5 Å². The van der Waals surface area contributed by atoms with Crippen LogP contribution in [0.15, 0.2) is 76.9 Å². The van der Waals surface area contributed by atoms with E-state index < -0.39 is 0 Å². The smallest absolute Gasteiger partial charge is 0.277 e. The number of hydrazone groups is 1. The van der Waals surface area contributed by atoms with Crippen LogP contribution in [-0.4, -0.2) is 28.7 Å². The number of amides is 1. The largest absolute Gasteiger partial charge is 0.481 e. The van der Waals surface area contributed by atoms with E-state index in [1.807, 2.05) is 30.5 Å². The predicted octanol–water partition coefficient (Wildman–Crippen LogP) is 3.35. The van der Waals surface area contributed by atoms with Gasteiger partial charge < -0.3 is 14.1 Å². The first-order valence-corrected chi connectivity index (χ1v) is 8.29. The second-order valence-corrected chi connectivity index (χ2v) is 5.73. The average Bonchev–Trinajstić information content (AvgIpc) is 3.39. The Morgan fingerprint density at radius 2 is 2.22 bits per heavy atom. The van der Waals surface area contributed by atoms with Crippen molar-refractivity contribution in [3.05, 3.63) is 72.9 Å². The minimum Gasteiger partial charge on any atom is -0.481 e. The summed E-state index contributed by atoms with van der Waals surface area (Å²) in [6.07, 6.45) is 8.25. The molecule has 0 radical (unpaired) electrons. The van der Waals surface area contributed by atoms with Crippen molar-refractivity contribution in [3.63, 3.8) is 0 Å². The number of nitrogens with zero attached hydrogens (tertiary/aromatic N) is 2. The number of aromatic nitrogens is 2. The number of rotatable bonds is 6. The minimum atomic E-state index is -0.366. The highest BCUT2D eigenvalue weighted by molar-refractivity contribution is 5.98. The molecule has 0 unspecified atom stereocenters. The van der Waals surface area contributed by atoms with Crippen LogP contribution < -0.4 is 10.2 Å². The fourth-order valence-electron chi connectivity index (χ4n) is 2.69. The van der Waals surface area contributed by atoms with Crippen molar-refractivity contribution in [3.8, 4) is 17.0 Å². The Labute approximate surface area is 154 Å². The van der Waals surface area contributed by atoms with Crippen LogP contribution in [0.25, 0.3) is 22.2 Å². The van der Waals surface area contributed by atoms with Crippen molar-refractivity contribution in [2.45, 2.75) is 0 Å². The zero-order valence-electron chi connectivity index (χ0n) is 14.3. The van der Waals surface area contributed by atoms with Gasteiger partial charge in [-0.1, -0.05) is 12.1 Å². The lowest BCUT2D eigenvalue weighted by atomic mass is 10.1. The monoisotopic (exact) mass is 360 g/mol. The van der Waals surface area contributed by atoms with Crippen molar-refractivity contribution in [2.24, 2.45) is 5.10 Å². The Bertz CT molecular complexity index is 1080. The van der Waals surface area contributed by atoms with E-state index in [9.17, 15) is 4.79 Å². The molecule has 0 saturated heterocycles. The highest BCUT2D eigenvalue weighted by Gasteiger charge is 2.10. The first-order valence-electron chi connectivity index (χ1n) is 8.29. The SMILES string of the molecule is O=C(COc1cccnc1-c1ccoc1)N/N=C/c1cccc2[nH]ccc12. The summed E-state index contributed by atoms with van der Waals surface area (Å²) in [6.45, 7) is -0.178. The summed E-state index contributed by atoms with van der Waals surface area (Å²) in [7, 11) is 0. The Morgan fingerprint density at radius 3 is 3.11 bits per heavy atom. The summed E-state index contributed by atoms with van der Waals surface area (Å²) < 4.78 is 10.7. The maximum atomic E-state index is 12.0. The first-order chi connectivity index (χ1) is 13.3. The number of nitrogens with one attached hydrogen (secondary N) is 2. The molecule has 4 aromatic rings. The number of benzene rings is 1. The van der Waals surface area contributed by atoms with Crippen LogP contribution in [-0.2, 0) is 4.79 Å². The fourth-order valence-corrected chi connectivity index (χ4v) is 2.69. The third-order valence-corrected chi connectivity index (χ3v) is 3.95. The topological polar surface area (TPSA) is 92.5 Å². The minimum absolute atomic E-state index is 0.178. The van der Waals surface area contributed by atoms with Gasteiger partial charge in [-0.3, -0.25) is 9.78 Å². The lowest BCUT2D eigenvalue weighted by Crippen LogP contribution is -2.24. The van der Waals surface area contributed by atoms with Crippen molar-refractivity contribution in [1.29, 1.82) is 0 Å². The molecule has 0 bridgehead atoms. The predicted molar refractivity (Wildman–Crippen MR) is 101 cm³/mol. The van der Waals surface area contributed by atoms with Crippen molar-refractivity contribution < 1.29 is 13.9 Å². The number of pyridine rings is 1. The van der Waals surface area contributed by atoms with Gasteiger partial charge in [0.25, 0.3) is 5.91 Å². The maximum absolute atomic E-state index is 12.0. The van der Waals surface area contributed by atoms with Crippen LogP contribution in [0.3, 0.4) is 0 Å². The van der Waals surface area contributed by atoms with Gasteiger partial charge in [0, 0.05) is 34.4 Å². The standard InChI is InChI=1S/C20H16N4O3/c25-19(24-23-11-14-3-1-4-17-16(14)6-9-21-17)13-27-18-5-2-8-22-20(18)15-7-10-26-12-15/h1-12,21H,13H2,(H,24,25)/b23-11+. The van der Waals surface area contributed by atoms with Crippen LogP contribution >= 0.6 is 0 Å². The van der Waals surface area contributed by atoms with E-state index >= 15 is 0 Å². The molecule has 2 N–H and O–H groups in total. The Kier molecular flexibility index (Phi) is 4.65. The molecule has 4 rings (SSSR count). The molecule has 3 heterocycles. The van der Waals surface area contributed by atoms with Crippen LogP contribution in [0.5, 0.6) is 5.75 Å². The first kappa shape index (κ1) is 16.6. The van der Waals surface area contributed by atoms with E-state index in [1.54, 1.807) is 43.1 Å². The quantitative estimate of drug-likeness (QED) is 0.407. The second kappa shape index (κ2) is 7.57. The molecule has 0 fully saturated rings. The number of ether oxygens (including phenoxy) is 1. The van der Waals surface area contributed by atoms with E-state index in [0.717, 1.165) is 22.0 Å². The molecule has 7 nitrogen and oxygen atoms in total. The molecule has 0 atom stereocenters. The Hall–Kier alpha value is -3.87. The number of carbonyl (C=O) groups excluding carboxylic acids is 1. The van der Waals surface area contributed by atoms with Crippen LogP contribution in [0.4, 0.5) is 0 Å². The second-order valence-electron chi connectivity index (χ2n) is 5.73. The Morgan fingerprint density at radius 1 is 1.26 bits per heavy atom. The molecular weight excluding hydrogens is 344 g/mol. The summed E-state index contributed by atoms with van der Waals surface area (Å²) in [5.41, 5.74) is 5.78. The van der Waals surface area contributed by atoms with Gasteiger partial charge in [-0.15, -0.1) is 0 Å². The number of hydrogen-bond donors (Lipinski definition) is 2. The van der Waals surface area contributed by atoms with Crippen LogP contribution in [0.2, 0.25) is 0 Å². The summed E-state index contributed by atoms with van der Waals surface area (Å²) >= 11 is 0. The molecule has 0 aliphatic rings. The third-order valence-electron chi connectivity index (χ3n) is 3.95. The average molecular weight is 360 g/mol. The van der Waals surface area contributed by atoms with E-state index in [1.165, 1.54) is 0 Å². The number of furan rings is 1. The van der Waals surface area contributed by atoms with Gasteiger partial charge >= 0.3 is 0 Å². The molecule has 1 aromatic carbocycles. The number of fused-ring (bicyclic) bond motifs is 1. The molecule has 27 heavy (non-hydrogen) atoms. The molecular formula is C20H16N4O3. The summed E-state index contributed by atoms with van der Waals surface area (Å²) in [6, 6.07) is 13.1. The lowest BCUT2D eigenvalue weighted by Gasteiger charge is -2.08. The number of carbonyl (C=O) groups is 1. The lowest BCUT2D eigenvalue weighted by molar-refractivity contribution is -0.123. The van der Waals surface area contributed by atoms with Crippen molar-refractivity contribution in [1.82, 2.24) is 15.4 Å². The van der Waals surface area contributed by atoms with Gasteiger partial charge in [0.15, 0.2) is 6.61 Å². The van der Waals surface area contributed by atoms with Crippen LogP contribution in [0.1, 0.15) is 5.56 Å². The summed E-state index contributed by atoms with van der Waals surface area (Å²) in [4.78, 5) is 19.4.